The van der Waals surface area contributed by atoms with Gasteiger partial charge >= 0.3 is 0 Å². The molecule has 3 nitrogen and oxygen atoms in total. The molecule has 0 bridgehead atoms. The van der Waals surface area contributed by atoms with Crippen molar-refractivity contribution >= 4 is 5.91 Å². The highest BCUT2D eigenvalue weighted by Crippen LogP contribution is 2.64. The van der Waals surface area contributed by atoms with Crippen molar-refractivity contribution in [2.75, 3.05) is 0 Å². The van der Waals surface area contributed by atoms with E-state index in [0.29, 0.717) is 22.5 Å². The number of nitriles is 1. The third kappa shape index (κ3) is 4.10. The van der Waals surface area contributed by atoms with Gasteiger partial charge in [0, 0.05) is 11.6 Å². The quantitative estimate of drug-likeness (QED) is 0.510. The highest BCUT2D eigenvalue weighted by atomic mass is 16.1. The van der Waals surface area contributed by atoms with Crippen molar-refractivity contribution < 1.29 is 4.79 Å². The predicted octanol–water partition coefficient (Wildman–Crippen LogP) is 7.36. The van der Waals surface area contributed by atoms with Gasteiger partial charge in [0.2, 0.25) is 0 Å². The summed E-state index contributed by atoms with van der Waals surface area (Å²) < 4.78 is 0. The van der Waals surface area contributed by atoms with Crippen LogP contribution in [-0.4, -0.2) is 11.9 Å². The van der Waals surface area contributed by atoms with Crippen LogP contribution in [-0.2, 0) is 0 Å². The molecule has 0 radical (unpaired) electrons. The number of hydrogen-bond acceptors (Lipinski definition) is 2. The molecule has 9 atom stereocenters. The molecule has 0 aromatic heterocycles. The molecule has 4 aliphatic rings. The lowest BCUT2D eigenvalue weighted by Gasteiger charge is -2.62. The fraction of sp³-hybridized carbons (Fsp3) is 0.742. The third-order valence-corrected chi connectivity index (χ3v) is 11.1. The van der Waals surface area contributed by atoms with E-state index in [1.807, 2.05) is 0 Å². The Labute approximate surface area is 207 Å². The lowest BCUT2D eigenvalue weighted by molar-refractivity contribution is -0.125. The molecule has 0 heterocycles. The number of benzene rings is 1. The molecule has 184 valence electrons. The van der Waals surface area contributed by atoms with Crippen molar-refractivity contribution in [2.24, 2.45) is 46.8 Å². The zero-order valence-corrected chi connectivity index (χ0v) is 21.6. The molecular formula is C31H44N2O. The van der Waals surface area contributed by atoms with Crippen LogP contribution in [0.5, 0.6) is 0 Å². The second-order valence-electron chi connectivity index (χ2n) is 12.5. The first-order valence-electron chi connectivity index (χ1n) is 14.3. The number of fused-ring (bicyclic) bond motifs is 5. The van der Waals surface area contributed by atoms with Crippen LogP contribution in [0, 0.1) is 58.2 Å². The molecule has 4 aliphatic carbocycles. The maximum Gasteiger partial charge on any atom is 0.251 e. The summed E-state index contributed by atoms with van der Waals surface area (Å²) in [5.74, 6) is 6.27. The van der Waals surface area contributed by atoms with Crippen LogP contribution in [0.25, 0.3) is 0 Å². The van der Waals surface area contributed by atoms with Crippen molar-refractivity contribution in [3.63, 3.8) is 0 Å². The summed E-state index contributed by atoms with van der Waals surface area (Å²) in [6, 6.07) is 9.39. The van der Waals surface area contributed by atoms with Crippen LogP contribution in [0.3, 0.4) is 0 Å². The van der Waals surface area contributed by atoms with Crippen LogP contribution >= 0.6 is 0 Å². The molecule has 0 aliphatic heterocycles. The highest BCUT2D eigenvalue weighted by Gasteiger charge is 2.57. The zero-order valence-electron chi connectivity index (χ0n) is 21.6. The van der Waals surface area contributed by atoms with Gasteiger partial charge in [0.05, 0.1) is 11.6 Å². The molecule has 1 amide bonds. The first-order valence-corrected chi connectivity index (χ1v) is 14.3. The predicted molar refractivity (Wildman–Crippen MR) is 137 cm³/mol. The van der Waals surface area contributed by atoms with Crippen LogP contribution in [0.1, 0.15) is 107 Å². The van der Waals surface area contributed by atoms with Gasteiger partial charge in [-0.2, -0.15) is 5.26 Å². The Morgan fingerprint density at radius 1 is 1.06 bits per heavy atom. The van der Waals surface area contributed by atoms with Gasteiger partial charge in [-0.25, -0.2) is 0 Å². The Hall–Kier alpha value is -1.82. The van der Waals surface area contributed by atoms with Crippen molar-refractivity contribution in [1.82, 2.24) is 5.32 Å². The Kier molecular flexibility index (Phi) is 6.80. The number of nitrogens with zero attached hydrogens (tertiary/aromatic N) is 1. The second kappa shape index (κ2) is 9.67. The number of carbonyl (C=O) groups is 1. The third-order valence-electron chi connectivity index (χ3n) is 11.1. The van der Waals surface area contributed by atoms with Gasteiger partial charge in [0.15, 0.2) is 0 Å². The lowest BCUT2D eigenvalue weighted by atomic mass is 9.43. The summed E-state index contributed by atoms with van der Waals surface area (Å²) in [5, 5.41) is 12.5. The van der Waals surface area contributed by atoms with Gasteiger partial charge in [0.1, 0.15) is 0 Å². The van der Waals surface area contributed by atoms with Crippen LogP contribution in [0.4, 0.5) is 0 Å². The standard InChI is InChI=1S/C31H44N2O/c1-4-31-17-16-26-25-14-8-20(2)18-24(25)13-15-27(26)29(31)7-5-6-28(31)21(3)33-30(34)23-11-9-22(19-32)10-12-23/h9-12,20-21,24-29H,4-8,13-18H2,1-3H3,(H,33,34)/t20-,21?,24?,25-,26?,27+,28+,29?,31+/m0/s1. The monoisotopic (exact) mass is 460 g/mol. The average Bonchev–Trinajstić information content (AvgIpc) is 2.87. The molecule has 0 spiro atoms. The molecule has 1 N–H and O–H groups in total. The van der Waals surface area contributed by atoms with E-state index in [1.165, 1.54) is 70.6 Å². The first-order chi connectivity index (χ1) is 16.5. The molecule has 4 fully saturated rings. The topological polar surface area (TPSA) is 52.9 Å². The molecule has 34 heavy (non-hydrogen) atoms. The minimum atomic E-state index is 0.0101. The van der Waals surface area contributed by atoms with Gasteiger partial charge in [0.25, 0.3) is 5.91 Å². The van der Waals surface area contributed by atoms with E-state index in [1.54, 1.807) is 24.3 Å². The highest BCUT2D eigenvalue weighted by molar-refractivity contribution is 5.94. The maximum absolute atomic E-state index is 13.1. The van der Waals surface area contributed by atoms with E-state index in [-0.39, 0.29) is 11.9 Å². The number of nitrogens with one attached hydrogen (secondary N) is 1. The minimum Gasteiger partial charge on any atom is -0.349 e. The largest absolute Gasteiger partial charge is 0.349 e. The van der Waals surface area contributed by atoms with Crippen molar-refractivity contribution in [1.29, 1.82) is 5.26 Å². The Morgan fingerprint density at radius 3 is 2.56 bits per heavy atom. The second-order valence-corrected chi connectivity index (χ2v) is 12.5. The zero-order chi connectivity index (χ0) is 23.9. The van der Waals surface area contributed by atoms with E-state index in [4.69, 9.17) is 5.26 Å². The summed E-state index contributed by atoms with van der Waals surface area (Å²) in [6.07, 6.45) is 15.4. The molecule has 1 aromatic carbocycles. The molecule has 3 heteroatoms. The van der Waals surface area contributed by atoms with Gasteiger partial charge in [-0.15, -0.1) is 0 Å². The molecule has 4 saturated carbocycles. The molecule has 1 aromatic rings. The fourth-order valence-corrected chi connectivity index (χ4v) is 9.67. The smallest absolute Gasteiger partial charge is 0.251 e. The number of rotatable bonds is 4. The van der Waals surface area contributed by atoms with E-state index in [9.17, 15) is 4.79 Å². The van der Waals surface area contributed by atoms with E-state index in [2.05, 4.69) is 32.2 Å². The molecule has 5 rings (SSSR count). The van der Waals surface area contributed by atoms with E-state index in [0.717, 1.165) is 35.5 Å². The Morgan fingerprint density at radius 2 is 1.82 bits per heavy atom. The van der Waals surface area contributed by atoms with Crippen molar-refractivity contribution in [2.45, 2.75) is 97.4 Å². The lowest BCUT2D eigenvalue weighted by Crippen LogP contribution is -2.57. The Balaban J connectivity index is 1.33. The van der Waals surface area contributed by atoms with Gasteiger partial charge in [-0.05, 0) is 136 Å². The van der Waals surface area contributed by atoms with Gasteiger partial charge in [-0.3, -0.25) is 4.79 Å². The van der Waals surface area contributed by atoms with E-state index < -0.39 is 0 Å². The van der Waals surface area contributed by atoms with Gasteiger partial charge < -0.3 is 5.32 Å². The molecular weight excluding hydrogens is 416 g/mol. The minimum absolute atomic E-state index is 0.0101. The first kappa shape index (κ1) is 23.9. The number of carbonyl (C=O) groups excluding carboxylic acids is 1. The Bertz CT molecular complexity index is 916. The molecule has 4 unspecified atom stereocenters. The maximum atomic E-state index is 13.1. The summed E-state index contributed by atoms with van der Waals surface area (Å²) in [7, 11) is 0. The van der Waals surface area contributed by atoms with Crippen LogP contribution in [0.2, 0.25) is 0 Å². The SMILES string of the molecule is CC[C@]12CCC3[C@@H](CCC4C[C@@H](C)CC[C@@H]43)C1CCC[C@@H]2C(C)NC(=O)c1ccc(C#N)cc1. The summed E-state index contributed by atoms with van der Waals surface area (Å²) in [5.41, 5.74) is 1.66. The summed E-state index contributed by atoms with van der Waals surface area (Å²) in [4.78, 5) is 13.1. The van der Waals surface area contributed by atoms with E-state index >= 15 is 0 Å². The molecule has 0 saturated heterocycles. The summed E-state index contributed by atoms with van der Waals surface area (Å²) in [6.45, 7) is 7.18. The van der Waals surface area contributed by atoms with Crippen molar-refractivity contribution in [3.05, 3.63) is 35.4 Å². The van der Waals surface area contributed by atoms with Crippen LogP contribution < -0.4 is 5.32 Å². The van der Waals surface area contributed by atoms with Gasteiger partial charge in [-0.1, -0.05) is 26.7 Å². The fourth-order valence-electron chi connectivity index (χ4n) is 9.67. The average molecular weight is 461 g/mol. The number of hydrogen-bond donors (Lipinski definition) is 1. The number of amides is 1. The summed E-state index contributed by atoms with van der Waals surface area (Å²) >= 11 is 0. The van der Waals surface area contributed by atoms with Crippen molar-refractivity contribution in [3.8, 4) is 6.07 Å². The van der Waals surface area contributed by atoms with Crippen LogP contribution in [0.15, 0.2) is 24.3 Å². The normalized spacial score (nSPS) is 40.1.